The Hall–Kier alpha value is -2.28. The first-order chi connectivity index (χ1) is 16.9. The maximum atomic E-state index is 12.8. The van der Waals surface area contributed by atoms with Crippen LogP contribution in [0.3, 0.4) is 0 Å². The van der Waals surface area contributed by atoms with Gasteiger partial charge in [0.15, 0.2) is 0 Å². The molecule has 4 heterocycles. The summed E-state index contributed by atoms with van der Waals surface area (Å²) in [5, 5.41) is 24.0. The van der Waals surface area contributed by atoms with Gasteiger partial charge in [-0.05, 0) is 56.9 Å². The highest BCUT2D eigenvalue weighted by molar-refractivity contribution is 7.85. The number of nitrogens with zero attached hydrogens (tertiary/aromatic N) is 5. The van der Waals surface area contributed by atoms with Crippen LogP contribution in [0.4, 0.5) is 11.6 Å². The quantitative estimate of drug-likeness (QED) is 0.625. The van der Waals surface area contributed by atoms with E-state index >= 15 is 0 Å². The van der Waals surface area contributed by atoms with Crippen molar-refractivity contribution >= 4 is 34.0 Å². The number of aromatic nitrogens is 3. The lowest BCUT2D eigenvalue weighted by molar-refractivity contribution is 0.125. The maximum Gasteiger partial charge on any atom is 0.149 e. The van der Waals surface area contributed by atoms with E-state index in [-0.39, 0.29) is 12.0 Å². The van der Waals surface area contributed by atoms with Gasteiger partial charge in [-0.1, -0.05) is 11.6 Å². The van der Waals surface area contributed by atoms with Crippen molar-refractivity contribution in [3.8, 4) is 6.07 Å². The standard InChI is InChI=1S/C25H29ClN6O2S/c26-17-11-28-21(29-12-17)16-2-7-24(8-3-16)13-32(14-24)23-19(10-27)18-4-9-35(34)20(18)22(30-23)31-25(15-33)5-1-6-25/h11-12,16,33H,1-9,13-15H2,(H,30,31)/t35-/m0/s1. The first-order valence-corrected chi connectivity index (χ1v) is 14.1. The van der Waals surface area contributed by atoms with Gasteiger partial charge in [0.05, 0.1) is 38.4 Å². The maximum absolute atomic E-state index is 12.8. The Balaban J connectivity index is 1.22. The van der Waals surface area contributed by atoms with Gasteiger partial charge >= 0.3 is 0 Å². The summed E-state index contributed by atoms with van der Waals surface area (Å²) in [6.07, 6.45) is 11.0. The van der Waals surface area contributed by atoms with Crippen molar-refractivity contribution in [2.75, 3.05) is 35.7 Å². The van der Waals surface area contributed by atoms with E-state index in [9.17, 15) is 14.6 Å². The van der Waals surface area contributed by atoms with Gasteiger partial charge in [-0.15, -0.1) is 0 Å². The predicted octanol–water partition coefficient (Wildman–Crippen LogP) is 3.55. The summed E-state index contributed by atoms with van der Waals surface area (Å²) in [5.74, 6) is 3.07. The Morgan fingerprint density at radius 3 is 2.54 bits per heavy atom. The van der Waals surface area contributed by atoms with Gasteiger partial charge in [-0.25, -0.2) is 15.0 Å². The van der Waals surface area contributed by atoms with Crippen molar-refractivity contribution in [2.24, 2.45) is 5.41 Å². The van der Waals surface area contributed by atoms with Crippen LogP contribution in [0, 0.1) is 16.7 Å². The molecule has 0 aromatic carbocycles. The highest BCUT2D eigenvalue weighted by atomic mass is 35.5. The van der Waals surface area contributed by atoms with E-state index in [0.29, 0.717) is 45.2 Å². The summed E-state index contributed by atoms with van der Waals surface area (Å²) in [6.45, 7) is 1.77. The Labute approximate surface area is 212 Å². The minimum Gasteiger partial charge on any atom is -0.394 e. The number of halogens is 1. The van der Waals surface area contributed by atoms with Gasteiger partial charge in [-0.3, -0.25) is 4.21 Å². The predicted molar refractivity (Wildman–Crippen MR) is 134 cm³/mol. The number of nitriles is 1. The molecule has 184 valence electrons. The summed E-state index contributed by atoms with van der Waals surface area (Å²) >= 11 is 5.94. The molecule has 2 aliphatic heterocycles. The van der Waals surface area contributed by atoms with Gasteiger partial charge in [0.25, 0.3) is 0 Å². The second kappa shape index (κ2) is 8.68. The molecule has 2 aliphatic carbocycles. The van der Waals surface area contributed by atoms with Crippen molar-refractivity contribution in [1.29, 1.82) is 5.26 Å². The first-order valence-electron chi connectivity index (χ1n) is 12.4. The molecule has 1 spiro atoms. The number of nitrogens with one attached hydrogen (secondary N) is 1. The number of aliphatic hydroxyl groups is 1. The zero-order chi connectivity index (χ0) is 24.2. The van der Waals surface area contributed by atoms with Crippen LogP contribution in [-0.4, -0.2) is 55.3 Å². The van der Waals surface area contributed by atoms with Crippen LogP contribution >= 0.6 is 11.6 Å². The summed E-state index contributed by atoms with van der Waals surface area (Å²) in [5.41, 5.74) is 1.28. The van der Waals surface area contributed by atoms with E-state index < -0.39 is 16.3 Å². The van der Waals surface area contributed by atoms with Crippen LogP contribution in [0.15, 0.2) is 17.3 Å². The molecule has 0 bridgehead atoms. The minimum absolute atomic E-state index is 0.0246. The molecule has 2 aromatic rings. The number of anilines is 2. The van der Waals surface area contributed by atoms with Gasteiger partial charge < -0.3 is 15.3 Å². The third kappa shape index (κ3) is 3.90. The molecular formula is C25H29ClN6O2S. The van der Waals surface area contributed by atoms with Crippen molar-refractivity contribution in [1.82, 2.24) is 15.0 Å². The van der Waals surface area contributed by atoms with E-state index in [0.717, 1.165) is 69.4 Å². The lowest BCUT2D eigenvalue weighted by atomic mass is 9.65. The Morgan fingerprint density at radius 2 is 1.94 bits per heavy atom. The fourth-order valence-corrected chi connectivity index (χ4v) is 7.73. The summed E-state index contributed by atoms with van der Waals surface area (Å²) in [7, 11) is -1.17. The van der Waals surface area contributed by atoms with Crippen molar-refractivity contribution < 1.29 is 9.32 Å². The topological polar surface area (TPSA) is 115 Å². The van der Waals surface area contributed by atoms with Crippen molar-refractivity contribution in [2.45, 2.75) is 67.7 Å². The first kappa shape index (κ1) is 23.1. The van der Waals surface area contributed by atoms with E-state index in [1.165, 1.54) is 0 Å². The second-order valence-corrected chi connectivity index (χ2v) is 12.6. The molecule has 4 aliphatic rings. The van der Waals surface area contributed by atoms with E-state index in [1.54, 1.807) is 12.4 Å². The number of pyridine rings is 1. The monoisotopic (exact) mass is 512 g/mol. The van der Waals surface area contributed by atoms with Crippen LogP contribution in [-0.2, 0) is 17.2 Å². The summed E-state index contributed by atoms with van der Waals surface area (Å²) < 4.78 is 12.8. The van der Waals surface area contributed by atoms with Gasteiger partial charge in [0.2, 0.25) is 0 Å². The van der Waals surface area contributed by atoms with Crippen molar-refractivity contribution in [3.05, 3.63) is 34.4 Å². The molecule has 10 heteroatoms. The van der Waals surface area contributed by atoms with Crippen molar-refractivity contribution in [3.63, 3.8) is 0 Å². The molecular weight excluding hydrogens is 484 g/mol. The number of fused-ring (bicyclic) bond motifs is 1. The molecule has 1 saturated heterocycles. The molecule has 35 heavy (non-hydrogen) atoms. The average molecular weight is 513 g/mol. The number of rotatable bonds is 5. The Kier molecular flexibility index (Phi) is 5.74. The molecule has 2 aromatic heterocycles. The van der Waals surface area contributed by atoms with E-state index in [2.05, 4.69) is 26.3 Å². The molecule has 2 N–H and O–H groups in total. The molecule has 2 saturated carbocycles. The molecule has 0 amide bonds. The lowest BCUT2D eigenvalue weighted by Gasteiger charge is -2.54. The zero-order valence-corrected chi connectivity index (χ0v) is 21.2. The molecule has 0 unspecified atom stereocenters. The second-order valence-electron chi connectivity index (χ2n) is 10.7. The largest absolute Gasteiger partial charge is 0.394 e. The number of aliphatic hydroxyl groups excluding tert-OH is 1. The molecule has 6 rings (SSSR count). The van der Waals surface area contributed by atoms with Gasteiger partial charge in [-0.2, -0.15) is 5.26 Å². The van der Waals surface area contributed by atoms with Crippen LogP contribution in [0.25, 0.3) is 0 Å². The zero-order valence-electron chi connectivity index (χ0n) is 19.6. The third-order valence-electron chi connectivity index (χ3n) is 8.51. The van der Waals surface area contributed by atoms with Crippen LogP contribution in [0.1, 0.15) is 67.8 Å². The SMILES string of the molecule is N#Cc1c(N2CC3(CCC(c4ncc(Cl)cn4)CC3)C2)nc(NC2(CO)CCC2)c2c1CC[S@@]2=O. The Morgan fingerprint density at radius 1 is 1.23 bits per heavy atom. The lowest BCUT2D eigenvalue weighted by Crippen LogP contribution is -2.58. The van der Waals surface area contributed by atoms with Crippen LogP contribution in [0.5, 0.6) is 0 Å². The normalized spacial score (nSPS) is 24.4. The highest BCUT2D eigenvalue weighted by Gasteiger charge is 2.48. The van der Waals surface area contributed by atoms with E-state index in [1.807, 2.05) is 0 Å². The Bertz CT molecular complexity index is 1200. The molecule has 3 fully saturated rings. The van der Waals surface area contributed by atoms with E-state index in [4.69, 9.17) is 16.6 Å². The third-order valence-corrected chi connectivity index (χ3v) is 10.2. The molecule has 1 atom stereocenters. The van der Waals surface area contributed by atoms with Crippen LogP contribution in [0.2, 0.25) is 5.02 Å². The summed E-state index contributed by atoms with van der Waals surface area (Å²) in [4.78, 5) is 16.6. The minimum atomic E-state index is -1.17. The fourth-order valence-electron chi connectivity index (χ4n) is 6.24. The average Bonchev–Trinajstić information content (AvgIpc) is 3.22. The van der Waals surface area contributed by atoms with Crippen LogP contribution < -0.4 is 10.2 Å². The highest BCUT2D eigenvalue weighted by Crippen LogP contribution is 2.50. The smallest absolute Gasteiger partial charge is 0.149 e. The number of hydrogen-bond donors (Lipinski definition) is 2. The molecule has 0 radical (unpaired) electrons. The van der Waals surface area contributed by atoms with Gasteiger partial charge in [0, 0.05) is 42.6 Å². The number of hydrogen-bond acceptors (Lipinski definition) is 8. The fraction of sp³-hybridized carbons (Fsp3) is 0.600. The molecule has 8 nitrogen and oxygen atoms in total. The summed E-state index contributed by atoms with van der Waals surface area (Å²) in [6, 6.07) is 2.38. The van der Waals surface area contributed by atoms with Gasteiger partial charge in [0.1, 0.15) is 23.5 Å².